The van der Waals surface area contributed by atoms with Gasteiger partial charge in [0.25, 0.3) is 5.91 Å². The van der Waals surface area contributed by atoms with Gasteiger partial charge in [-0.05, 0) is 63.6 Å². The first-order chi connectivity index (χ1) is 17.8. The Morgan fingerprint density at radius 1 is 1.16 bits per heavy atom. The molecule has 3 aromatic rings. The number of ether oxygens (including phenoxy) is 1. The Kier molecular flexibility index (Phi) is 7.82. The first kappa shape index (κ1) is 25.8. The Balaban J connectivity index is 1.86. The molecule has 0 radical (unpaired) electrons. The molecule has 2 heterocycles. The molecule has 0 saturated carbocycles. The number of aliphatic imine (C=N–C) groups is 1. The molecule has 1 N–H and O–H groups in total. The number of hydrogen-bond acceptors (Lipinski definition) is 4. The van der Waals surface area contributed by atoms with Gasteiger partial charge in [-0.2, -0.15) is 10.1 Å². The van der Waals surface area contributed by atoms with Crippen LogP contribution in [0.15, 0.2) is 95.8 Å². The minimum absolute atomic E-state index is 0.265. The highest BCUT2D eigenvalue weighted by atomic mass is 19.1. The number of aromatic nitrogens is 2. The first-order valence-corrected chi connectivity index (χ1v) is 12.3. The molecule has 6 nitrogen and oxygen atoms in total. The summed E-state index contributed by atoms with van der Waals surface area (Å²) >= 11 is 0. The van der Waals surface area contributed by atoms with Crippen LogP contribution < -0.4 is 5.32 Å². The normalized spacial score (nSPS) is 17.3. The molecule has 4 rings (SSSR count). The smallest absolute Gasteiger partial charge is 0.251 e. The standard InChI is InChI=1S/C30H31FN4O2/c1-6-23(31)17-16-20(4)25-26-21(5)34-35(24-14-9-8-10-15-24)28(26)33-30(37-7-2)27(25)32-29(36)22-13-11-12-19(3)18-22/h6,8-18,25,27H,4,7H2,1-3,5H3,(H,32,36)/b17-16-,23-6+/t25-,27-/m0/s1. The van der Waals surface area contributed by atoms with Gasteiger partial charge in [0.05, 0.1) is 18.0 Å². The second kappa shape index (κ2) is 11.2. The van der Waals surface area contributed by atoms with Gasteiger partial charge >= 0.3 is 0 Å². The second-order valence-electron chi connectivity index (χ2n) is 8.83. The third-order valence-corrected chi connectivity index (χ3v) is 6.20. The van der Waals surface area contributed by atoms with E-state index in [1.807, 2.05) is 69.3 Å². The summed E-state index contributed by atoms with van der Waals surface area (Å²) in [6, 6.07) is 16.4. The summed E-state index contributed by atoms with van der Waals surface area (Å²) in [5, 5.41) is 7.89. The van der Waals surface area contributed by atoms with Crippen molar-refractivity contribution in [1.29, 1.82) is 0 Å². The minimum Gasteiger partial charge on any atom is -0.479 e. The molecular weight excluding hydrogens is 467 g/mol. The number of carbonyl (C=O) groups is 1. The second-order valence-corrected chi connectivity index (χ2v) is 8.83. The third kappa shape index (κ3) is 5.45. The van der Waals surface area contributed by atoms with Gasteiger partial charge in [-0.3, -0.25) is 4.79 Å². The summed E-state index contributed by atoms with van der Waals surface area (Å²) in [6.45, 7) is 11.9. The summed E-state index contributed by atoms with van der Waals surface area (Å²) < 4.78 is 21.8. The van der Waals surface area contributed by atoms with Crippen LogP contribution in [0.5, 0.6) is 0 Å². The summed E-state index contributed by atoms with van der Waals surface area (Å²) in [6.07, 6.45) is 4.37. The zero-order chi connectivity index (χ0) is 26.5. The molecule has 37 heavy (non-hydrogen) atoms. The molecule has 0 bridgehead atoms. The maximum Gasteiger partial charge on any atom is 0.251 e. The van der Waals surface area contributed by atoms with Gasteiger partial charge in [-0.25, -0.2) is 9.07 Å². The van der Waals surface area contributed by atoms with Crippen LogP contribution in [0.25, 0.3) is 5.69 Å². The quantitative estimate of drug-likeness (QED) is 0.381. The predicted octanol–water partition coefficient (Wildman–Crippen LogP) is 6.44. The van der Waals surface area contributed by atoms with Crippen LogP contribution in [0, 0.1) is 13.8 Å². The van der Waals surface area contributed by atoms with E-state index in [2.05, 4.69) is 11.9 Å². The van der Waals surface area contributed by atoms with Crippen molar-refractivity contribution in [2.45, 2.75) is 39.7 Å². The number of nitrogens with zero attached hydrogens (tertiary/aromatic N) is 3. The number of allylic oxidation sites excluding steroid dienone is 4. The fourth-order valence-electron chi connectivity index (χ4n) is 4.44. The lowest BCUT2D eigenvalue weighted by Crippen LogP contribution is -2.47. The third-order valence-electron chi connectivity index (χ3n) is 6.20. The molecule has 1 aromatic heterocycles. The fourth-order valence-corrected chi connectivity index (χ4v) is 4.44. The zero-order valence-corrected chi connectivity index (χ0v) is 21.5. The van der Waals surface area contributed by atoms with Gasteiger partial charge in [0, 0.05) is 17.0 Å². The minimum atomic E-state index is -0.668. The Morgan fingerprint density at radius 2 is 1.92 bits per heavy atom. The Morgan fingerprint density at radius 3 is 2.59 bits per heavy atom. The number of para-hydroxylation sites is 1. The van der Waals surface area contributed by atoms with E-state index >= 15 is 0 Å². The van der Waals surface area contributed by atoms with Crippen LogP contribution in [-0.4, -0.2) is 34.2 Å². The molecule has 0 unspecified atom stereocenters. The molecule has 0 saturated heterocycles. The molecular formula is C30H31FN4O2. The zero-order valence-electron chi connectivity index (χ0n) is 21.5. The fraction of sp³-hybridized carbons (Fsp3) is 0.233. The molecule has 1 aliphatic rings. The van der Waals surface area contributed by atoms with Crippen molar-refractivity contribution in [2.24, 2.45) is 4.99 Å². The molecule has 0 aliphatic carbocycles. The SMILES string of the molecule is C=C(/C=C\C(F)=C/C)[C@H]1c2c(C)nn(-c3ccccc3)c2N=C(OCC)[C@H]1NC(=O)c1cccc(C)c1. The Bertz CT molecular complexity index is 1400. The van der Waals surface area contributed by atoms with Gasteiger partial charge in [0.1, 0.15) is 11.9 Å². The molecule has 0 fully saturated rings. The number of aryl methyl sites for hydroxylation is 2. The van der Waals surface area contributed by atoms with Crippen LogP contribution in [0.2, 0.25) is 0 Å². The Labute approximate surface area is 216 Å². The van der Waals surface area contributed by atoms with Crippen LogP contribution in [-0.2, 0) is 4.74 Å². The summed E-state index contributed by atoms with van der Waals surface area (Å²) in [4.78, 5) is 18.2. The number of rotatable bonds is 7. The van der Waals surface area contributed by atoms with Crippen LogP contribution in [0.4, 0.5) is 10.2 Å². The van der Waals surface area contributed by atoms with Gasteiger partial charge < -0.3 is 10.1 Å². The van der Waals surface area contributed by atoms with Crippen molar-refractivity contribution >= 4 is 17.6 Å². The van der Waals surface area contributed by atoms with Crippen molar-refractivity contribution in [2.75, 3.05) is 6.61 Å². The number of nitrogens with one attached hydrogen (secondary N) is 1. The van der Waals surface area contributed by atoms with E-state index in [1.165, 1.54) is 12.2 Å². The maximum absolute atomic E-state index is 14.0. The summed E-state index contributed by atoms with van der Waals surface area (Å²) in [7, 11) is 0. The lowest BCUT2D eigenvalue weighted by molar-refractivity contribution is 0.0938. The van der Waals surface area contributed by atoms with E-state index in [-0.39, 0.29) is 11.7 Å². The largest absolute Gasteiger partial charge is 0.479 e. The monoisotopic (exact) mass is 498 g/mol. The summed E-state index contributed by atoms with van der Waals surface area (Å²) in [5.74, 6) is -0.188. The van der Waals surface area contributed by atoms with E-state index in [9.17, 15) is 9.18 Å². The van der Waals surface area contributed by atoms with Crippen LogP contribution in [0.3, 0.4) is 0 Å². The highest BCUT2D eigenvalue weighted by Gasteiger charge is 2.40. The number of carbonyl (C=O) groups excluding carboxylic acids is 1. The lowest BCUT2D eigenvalue weighted by atomic mass is 9.82. The highest BCUT2D eigenvalue weighted by molar-refractivity contribution is 5.99. The van der Waals surface area contributed by atoms with Crippen molar-refractivity contribution in [1.82, 2.24) is 15.1 Å². The predicted molar refractivity (Wildman–Crippen MR) is 145 cm³/mol. The molecule has 7 heteroatoms. The number of fused-ring (bicyclic) bond motifs is 1. The molecule has 190 valence electrons. The maximum atomic E-state index is 14.0. The van der Waals surface area contributed by atoms with E-state index in [4.69, 9.17) is 14.8 Å². The molecule has 1 aliphatic heterocycles. The topological polar surface area (TPSA) is 68.5 Å². The van der Waals surface area contributed by atoms with Crippen molar-refractivity contribution in [3.8, 4) is 5.69 Å². The molecule has 2 atom stereocenters. The number of amides is 1. The highest BCUT2D eigenvalue weighted by Crippen LogP contribution is 2.42. The Hall–Kier alpha value is -4.26. The molecule has 0 spiro atoms. The van der Waals surface area contributed by atoms with Crippen LogP contribution in [0.1, 0.15) is 46.9 Å². The van der Waals surface area contributed by atoms with E-state index in [0.717, 1.165) is 22.5 Å². The van der Waals surface area contributed by atoms with Crippen molar-refractivity contribution in [3.63, 3.8) is 0 Å². The number of halogens is 1. The number of hydrogen-bond donors (Lipinski definition) is 1. The first-order valence-electron chi connectivity index (χ1n) is 12.3. The number of benzene rings is 2. The van der Waals surface area contributed by atoms with Crippen molar-refractivity contribution < 1.29 is 13.9 Å². The molecule has 2 aromatic carbocycles. The average molecular weight is 499 g/mol. The van der Waals surface area contributed by atoms with Gasteiger partial charge in [-0.15, -0.1) is 0 Å². The van der Waals surface area contributed by atoms with Gasteiger partial charge in [0.2, 0.25) is 5.90 Å². The summed E-state index contributed by atoms with van der Waals surface area (Å²) in [5.41, 5.74) is 4.47. The van der Waals surface area contributed by atoms with E-state index in [1.54, 1.807) is 23.7 Å². The molecule has 1 amide bonds. The van der Waals surface area contributed by atoms with E-state index in [0.29, 0.717) is 29.5 Å². The van der Waals surface area contributed by atoms with Crippen molar-refractivity contribution in [3.05, 3.63) is 113 Å². The van der Waals surface area contributed by atoms with Crippen LogP contribution >= 0.6 is 0 Å². The van der Waals surface area contributed by atoms with Gasteiger partial charge in [0.15, 0.2) is 5.82 Å². The van der Waals surface area contributed by atoms with E-state index < -0.39 is 12.0 Å². The van der Waals surface area contributed by atoms with Gasteiger partial charge in [-0.1, -0.05) is 54.6 Å². The lowest BCUT2D eigenvalue weighted by Gasteiger charge is -2.33. The average Bonchev–Trinajstić information content (AvgIpc) is 3.23.